The zero-order valence-electron chi connectivity index (χ0n) is 12.3. The largest absolute Gasteiger partial charge is 0.352 e. The summed E-state index contributed by atoms with van der Waals surface area (Å²) in [5.41, 5.74) is 0.0270. The first kappa shape index (κ1) is 15.9. The van der Waals surface area contributed by atoms with Crippen molar-refractivity contribution in [2.45, 2.75) is 51.1 Å². The number of hydrogen-bond acceptors (Lipinski definition) is 2. The minimum absolute atomic E-state index is 0.0270. The number of benzene rings is 1. The van der Waals surface area contributed by atoms with Crippen LogP contribution in [0.3, 0.4) is 0 Å². The predicted molar refractivity (Wildman–Crippen MR) is 77.9 cm³/mol. The molecule has 0 aromatic heterocycles. The number of rotatable bonds is 4. The van der Waals surface area contributed by atoms with Crippen LogP contribution in [0.5, 0.6) is 0 Å². The SMILES string of the molecule is CC(Cc1c(F)cccc1F)NC(=O)C1CCCCCN1. The van der Waals surface area contributed by atoms with Crippen molar-refractivity contribution in [1.29, 1.82) is 0 Å². The van der Waals surface area contributed by atoms with E-state index < -0.39 is 11.6 Å². The molecule has 0 aliphatic carbocycles. The molecule has 1 aromatic carbocycles. The van der Waals surface area contributed by atoms with Gasteiger partial charge in [0, 0.05) is 11.6 Å². The molecule has 2 rings (SSSR count). The molecule has 0 radical (unpaired) electrons. The van der Waals surface area contributed by atoms with Crippen LogP contribution in [0.15, 0.2) is 18.2 Å². The van der Waals surface area contributed by atoms with E-state index in [0.717, 1.165) is 32.2 Å². The van der Waals surface area contributed by atoms with Gasteiger partial charge in [-0.2, -0.15) is 0 Å². The molecule has 0 bridgehead atoms. The van der Waals surface area contributed by atoms with Crippen molar-refractivity contribution < 1.29 is 13.6 Å². The van der Waals surface area contributed by atoms with Crippen LogP contribution in [0.1, 0.15) is 38.2 Å². The Balaban J connectivity index is 1.91. The molecule has 1 heterocycles. The molecular weight excluding hydrogens is 274 g/mol. The van der Waals surface area contributed by atoms with Crippen LogP contribution < -0.4 is 10.6 Å². The standard InChI is InChI=1S/C16H22F2N2O/c1-11(10-12-13(17)6-5-7-14(12)18)20-16(21)15-8-3-2-4-9-19-15/h5-7,11,15,19H,2-4,8-10H2,1H3,(H,20,21). The Morgan fingerprint density at radius 3 is 2.76 bits per heavy atom. The van der Waals surface area contributed by atoms with Gasteiger partial charge in [-0.25, -0.2) is 8.78 Å². The second-order valence-corrected chi connectivity index (χ2v) is 5.67. The summed E-state index contributed by atoms with van der Waals surface area (Å²) in [6.07, 6.45) is 4.21. The lowest BCUT2D eigenvalue weighted by atomic mass is 10.0. The third-order valence-corrected chi connectivity index (χ3v) is 3.84. The molecule has 0 spiro atoms. The van der Waals surface area contributed by atoms with E-state index in [1.54, 1.807) is 6.92 Å². The molecule has 5 heteroatoms. The smallest absolute Gasteiger partial charge is 0.237 e. The van der Waals surface area contributed by atoms with Crippen LogP contribution in [-0.2, 0) is 11.2 Å². The van der Waals surface area contributed by atoms with Gasteiger partial charge in [-0.15, -0.1) is 0 Å². The van der Waals surface area contributed by atoms with E-state index in [2.05, 4.69) is 10.6 Å². The molecular formula is C16H22F2N2O. The second kappa shape index (κ2) is 7.50. The first-order valence-corrected chi connectivity index (χ1v) is 7.54. The highest BCUT2D eigenvalue weighted by molar-refractivity contribution is 5.82. The maximum atomic E-state index is 13.6. The minimum Gasteiger partial charge on any atom is -0.352 e. The summed E-state index contributed by atoms with van der Waals surface area (Å²) in [4.78, 5) is 12.2. The van der Waals surface area contributed by atoms with E-state index in [0.29, 0.717) is 0 Å². The number of amides is 1. The monoisotopic (exact) mass is 296 g/mol. The zero-order chi connectivity index (χ0) is 15.2. The van der Waals surface area contributed by atoms with Gasteiger partial charge in [0.2, 0.25) is 5.91 Å². The lowest BCUT2D eigenvalue weighted by molar-refractivity contribution is -0.123. The van der Waals surface area contributed by atoms with Gasteiger partial charge in [0.15, 0.2) is 0 Å². The topological polar surface area (TPSA) is 41.1 Å². The van der Waals surface area contributed by atoms with Gasteiger partial charge in [-0.05, 0) is 44.9 Å². The van der Waals surface area contributed by atoms with Gasteiger partial charge in [-0.1, -0.05) is 18.9 Å². The molecule has 2 atom stereocenters. The highest BCUT2D eigenvalue weighted by Gasteiger charge is 2.21. The molecule has 3 nitrogen and oxygen atoms in total. The van der Waals surface area contributed by atoms with Crippen molar-refractivity contribution in [3.05, 3.63) is 35.4 Å². The molecule has 1 fully saturated rings. The number of halogens is 2. The first-order chi connectivity index (χ1) is 10.1. The van der Waals surface area contributed by atoms with Gasteiger partial charge in [-0.3, -0.25) is 4.79 Å². The fraction of sp³-hybridized carbons (Fsp3) is 0.562. The molecule has 116 valence electrons. The van der Waals surface area contributed by atoms with E-state index in [-0.39, 0.29) is 30.0 Å². The molecule has 1 amide bonds. The highest BCUT2D eigenvalue weighted by atomic mass is 19.1. The quantitative estimate of drug-likeness (QED) is 0.896. The number of nitrogens with one attached hydrogen (secondary N) is 2. The zero-order valence-corrected chi connectivity index (χ0v) is 12.3. The Morgan fingerprint density at radius 2 is 2.05 bits per heavy atom. The van der Waals surface area contributed by atoms with Crippen molar-refractivity contribution in [2.75, 3.05) is 6.54 Å². The summed E-state index contributed by atoms with van der Waals surface area (Å²) < 4.78 is 27.2. The summed E-state index contributed by atoms with van der Waals surface area (Å²) in [6, 6.07) is 3.31. The summed E-state index contributed by atoms with van der Waals surface area (Å²) >= 11 is 0. The lowest BCUT2D eigenvalue weighted by Gasteiger charge is -2.20. The summed E-state index contributed by atoms with van der Waals surface area (Å²) in [6.45, 7) is 2.61. The number of carbonyl (C=O) groups excluding carboxylic acids is 1. The lowest BCUT2D eigenvalue weighted by Crippen LogP contribution is -2.47. The maximum Gasteiger partial charge on any atom is 0.237 e. The Bertz CT molecular complexity index is 465. The maximum absolute atomic E-state index is 13.6. The van der Waals surface area contributed by atoms with Crippen molar-refractivity contribution in [3.63, 3.8) is 0 Å². The second-order valence-electron chi connectivity index (χ2n) is 5.67. The van der Waals surface area contributed by atoms with E-state index in [4.69, 9.17) is 0 Å². The Kier molecular flexibility index (Phi) is 5.67. The highest BCUT2D eigenvalue weighted by Crippen LogP contribution is 2.14. The van der Waals surface area contributed by atoms with Gasteiger partial charge >= 0.3 is 0 Å². The van der Waals surface area contributed by atoms with Crippen LogP contribution in [0, 0.1) is 11.6 Å². The van der Waals surface area contributed by atoms with E-state index >= 15 is 0 Å². The summed E-state index contributed by atoms with van der Waals surface area (Å²) in [5, 5.41) is 6.06. The van der Waals surface area contributed by atoms with E-state index in [1.165, 1.54) is 18.2 Å². The van der Waals surface area contributed by atoms with Crippen LogP contribution >= 0.6 is 0 Å². The third kappa shape index (κ3) is 4.49. The predicted octanol–water partition coefficient (Wildman–Crippen LogP) is 2.54. The van der Waals surface area contributed by atoms with Crippen molar-refractivity contribution in [1.82, 2.24) is 10.6 Å². The Morgan fingerprint density at radius 1 is 1.33 bits per heavy atom. The van der Waals surface area contributed by atoms with Gasteiger partial charge < -0.3 is 10.6 Å². The molecule has 0 saturated carbocycles. The average Bonchev–Trinajstić information content (AvgIpc) is 2.72. The van der Waals surface area contributed by atoms with Crippen molar-refractivity contribution in [3.8, 4) is 0 Å². The molecule has 2 unspecified atom stereocenters. The normalized spacial score (nSPS) is 20.6. The van der Waals surface area contributed by atoms with Gasteiger partial charge in [0.1, 0.15) is 11.6 Å². The fourth-order valence-electron chi connectivity index (χ4n) is 2.68. The van der Waals surface area contributed by atoms with Crippen LogP contribution in [0.25, 0.3) is 0 Å². The third-order valence-electron chi connectivity index (χ3n) is 3.84. The summed E-state index contributed by atoms with van der Waals surface area (Å²) in [5.74, 6) is -1.21. The van der Waals surface area contributed by atoms with E-state index in [1.807, 2.05) is 0 Å². The molecule has 1 aliphatic heterocycles. The van der Waals surface area contributed by atoms with Crippen LogP contribution in [0.2, 0.25) is 0 Å². The Labute approximate surface area is 124 Å². The van der Waals surface area contributed by atoms with Gasteiger partial charge in [0.05, 0.1) is 6.04 Å². The summed E-state index contributed by atoms with van der Waals surface area (Å²) in [7, 11) is 0. The number of hydrogen-bond donors (Lipinski definition) is 2. The molecule has 21 heavy (non-hydrogen) atoms. The minimum atomic E-state index is -0.566. The van der Waals surface area contributed by atoms with E-state index in [9.17, 15) is 13.6 Å². The van der Waals surface area contributed by atoms with Crippen molar-refractivity contribution >= 4 is 5.91 Å². The number of carbonyl (C=O) groups is 1. The molecule has 1 saturated heterocycles. The molecule has 1 aromatic rings. The molecule has 2 N–H and O–H groups in total. The van der Waals surface area contributed by atoms with Crippen LogP contribution in [-0.4, -0.2) is 24.5 Å². The van der Waals surface area contributed by atoms with Crippen molar-refractivity contribution in [2.24, 2.45) is 0 Å². The fourth-order valence-corrected chi connectivity index (χ4v) is 2.68. The average molecular weight is 296 g/mol. The van der Waals surface area contributed by atoms with Crippen LogP contribution in [0.4, 0.5) is 8.78 Å². The molecule has 1 aliphatic rings. The first-order valence-electron chi connectivity index (χ1n) is 7.54. The van der Waals surface area contributed by atoms with Gasteiger partial charge in [0.25, 0.3) is 0 Å². The Hall–Kier alpha value is -1.49.